The Labute approximate surface area is 152 Å². The number of carbonyl (C=O) groups is 2. The van der Waals surface area contributed by atoms with Gasteiger partial charge in [-0.15, -0.1) is 0 Å². The van der Waals surface area contributed by atoms with Crippen molar-refractivity contribution < 1.29 is 14.3 Å². The summed E-state index contributed by atoms with van der Waals surface area (Å²) < 4.78 is 5.32. The molecule has 0 radical (unpaired) electrons. The van der Waals surface area contributed by atoms with Crippen LogP contribution in [-0.4, -0.2) is 35.8 Å². The molecule has 7 nitrogen and oxygen atoms in total. The number of hydrogen-bond acceptors (Lipinski definition) is 4. The highest BCUT2D eigenvalue weighted by atomic mass is 16.5. The summed E-state index contributed by atoms with van der Waals surface area (Å²) in [5.41, 5.74) is 12.1. The molecule has 0 aliphatic rings. The molecule has 0 aromatic heterocycles. The minimum Gasteiger partial charge on any atom is -0.423 e. The van der Waals surface area contributed by atoms with Crippen molar-refractivity contribution in [3.05, 3.63) is 59.7 Å². The zero-order valence-electron chi connectivity index (χ0n) is 14.8. The highest BCUT2D eigenvalue weighted by Crippen LogP contribution is 2.17. The molecule has 2 aromatic rings. The lowest BCUT2D eigenvalue weighted by Gasteiger charge is -2.18. The van der Waals surface area contributed by atoms with Crippen LogP contribution >= 0.6 is 0 Å². The van der Waals surface area contributed by atoms with Gasteiger partial charge < -0.3 is 21.1 Å². The van der Waals surface area contributed by atoms with Crippen molar-refractivity contribution in [3.8, 4) is 5.75 Å². The van der Waals surface area contributed by atoms with Crippen LogP contribution in [0, 0.1) is 0 Å². The van der Waals surface area contributed by atoms with E-state index in [1.807, 2.05) is 13.8 Å². The molecule has 0 spiro atoms. The number of benzene rings is 2. The van der Waals surface area contributed by atoms with Gasteiger partial charge in [-0.1, -0.05) is 0 Å². The predicted octanol–water partition coefficient (Wildman–Crippen LogP) is 2.29. The standard InChI is InChI=1S/C19H22N4O3/c1-3-23(4-2)17(24)13-7-11-16(12-8-13)26-18(25)14-5-9-15(10-6-14)22-19(20)21/h5-12H,3-4H2,1-2H3,(H4,20,21,22). The molecule has 0 atom stereocenters. The highest BCUT2D eigenvalue weighted by Gasteiger charge is 2.13. The van der Waals surface area contributed by atoms with E-state index in [9.17, 15) is 9.59 Å². The van der Waals surface area contributed by atoms with E-state index >= 15 is 0 Å². The van der Waals surface area contributed by atoms with Gasteiger partial charge in [0, 0.05) is 18.7 Å². The second-order valence-electron chi connectivity index (χ2n) is 5.47. The van der Waals surface area contributed by atoms with Crippen molar-refractivity contribution in [1.29, 1.82) is 0 Å². The van der Waals surface area contributed by atoms with E-state index in [1.165, 1.54) is 0 Å². The maximum atomic E-state index is 12.3. The summed E-state index contributed by atoms with van der Waals surface area (Å²) in [6.07, 6.45) is 0. The van der Waals surface area contributed by atoms with Gasteiger partial charge in [-0.05, 0) is 62.4 Å². The zero-order valence-corrected chi connectivity index (χ0v) is 14.8. The van der Waals surface area contributed by atoms with Gasteiger partial charge in [0.25, 0.3) is 5.91 Å². The van der Waals surface area contributed by atoms with Crippen LogP contribution in [-0.2, 0) is 0 Å². The quantitative estimate of drug-likeness (QED) is 0.358. The van der Waals surface area contributed by atoms with Crippen LogP contribution in [0.4, 0.5) is 5.69 Å². The summed E-state index contributed by atoms with van der Waals surface area (Å²) >= 11 is 0. The summed E-state index contributed by atoms with van der Waals surface area (Å²) in [4.78, 5) is 30.0. The third-order valence-corrected chi connectivity index (χ3v) is 3.72. The molecule has 7 heteroatoms. The lowest BCUT2D eigenvalue weighted by molar-refractivity contribution is 0.0734. The first kappa shape index (κ1) is 19.0. The van der Waals surface area contributed by atoms with Crippen molar-refractivity contribution in [2.45, 2.75) is 13.8 Å². The molecule has 0 heterocycles. The average molecular weight is 354 g/mol. The summed E-state index contributed by atoms with van der Waals surface area (Å²) in [6, 6.07) is 12.9. The number of nitrogens with zero attached hydrogens (tertiary/aromatic N) is 2. The van der Waals surface area contributed by atoms with Gasteiger partial charge >= 0.3 is 5.97 Å². The maximum absolute atomic E-state index is 12.3. The SMILES string of the molecule is CCN(CC)C(=O)c1ccc(OC(=O)c2ccc(N=C(N)N)cc2)cc1. The molecule has 136 valence electrons. The maximum Gasteiger partial charge on any atom is 0.343 e. The molecular weight excluding hydrogens is 332 g/mol. The van der Waals surface area contributed by atoms with E-state index in [0.29, 0.717) is 35.7 Å². The Morgan fingerprint density at radius 2 is 1.46 bits per heavy atom. The molecule has 1 amide bonds. The third-order valence-electron chi connectivity index (χ3n) is 3.72. The first-order valence-corrected chi connectivity index (χ1v) is 8.25. The number of carbonyl (C=O) groups excluding carboxylic acids is 2. The number of ether oxygens (including phenoxy) is 1. The number of nitrogens with two attached hydrogens (primary N) is 2. The van der Waals surface area contributed by atoms with E-state index < -0.39 is 5.97 Å². The number of amides is 1. The van der Waals surface area contributed by atoms with Gasteiger partial charge in [0.05, 0.1) is 11.3 Å². The second-order valence-corrected chi connectivity index (χ2v) is 5.47. The molecule has 2 rings (SSSR count). The molecule has 4 N–H and O–H groups in total. The number of esters is 1. The lowest BCUT2D eigenvalue weighted by atomic mass is 10.2. The Morgan fingerprint density at radius 1 is 0.923 bits per heavy atom. The van der Waals surface area contributed by atoms with Crippen LogP contribution in [0.2, 0.25) is 0 Å². The Balaban J connectivity index is 2.05. The van der Waals surface area contributed by atoms with Crippen molar-refractivity contribution >= 4 is 23.5 Å². The van der Waals surface area contributed by atoms with Crippen LogP contribution in [0.5, 0.6) is 5.75 Å². The number of guanidine groups is 1. The van der Waals surface area contributed by atoms with Gasteiger partial charge in [0.15, 0.2) is 5.96 Å². The minimum absolute atomic E-state index is 0.0526. The number of aliphatic imine (C=N–C) groups is 1. The van der Waals surface area contributed by atoms with E-state index in [-0.39, 0.29) is 11.9 Å². The van der Waals surface area contributed by atoms with Crippen LogP contribution in [0.25, 0.3) is 0 Å². The third kappa shape index (κ3) is 4.83. The summed E-state index contributed by atoms with van der Waals surface area (Å²) in [7, 11) is 0. The normalized spacial score (nSPS) is 10.1. The number of rotatable bonds is 6. The van der Waals surface area contributed by atoms with Crippen molar-refractivity contribution in [1.82, 2.24) is 4.90 Å². The van der Waals surface area contributed by atoms with E-state index in [0.717, 1.165) is 0 Å². The molecule has 0 unspecified atom stereocenters. The minimum atomic E-state index is -0.510. The van der Waals surface area contributed by atoms with Crippen molar-refractivity contribution in [2.24, 2.45) is 16.5 Å². The first-order chi connectivity index (χ1) is 12.4. The molecule has 0 saturated carbocycles. The van der Waals surface area contributed by atoms with E-state index in [4.69, 9.17) is 16.2 Å². The predicted molar refractivity (Wildman–Crippen MR) is 101 cm³/mol. The van der Waals surface area contributed by atoms with E-state index in [2.05, 4.69) is 4.99 Å². The fourth-order valence-corrected chi connectivity index (χ4v) is 2.35. The van der Waals surface area contributed by atoms with Gasteiger partial charge in [0.1, 0.15) is 5.75 Å². The molecular formula is C19H22N4O3. The van der Waals surface area contributed by atoms with Gasteiger partial charge in [0.2, 0.25) is 0 Å². The fourth-order valence-electron chi connectivity index (χ4n) is 2.35. The van der Waals surface area contributed by atoms with Crippen LogP contribution in [0.3, 0.4) is 0 Å². The van der Waals surface area contributed by atoms with Gasteiger partial charge in [-0.2, -0.15) is 0 Å². The second kappa shape index (κ2) is 8.66. The van der Waals surface area contributed by atoms with Crippen LogP contribution in [0.15, 0.2) is 53.5 Å². The van der Waals surface area contributed by atoms with E-state index in [1.54, 1.807) is 53.4 Å². The average Bonchev–Trinajstić information content (AvgIpc) is 2.63. The number of hydrogen-bond donors (Lipinski definition) is 2. The topological polar surface area (TPSA) is 111 Å². The highest BCUT2D eigenvalue weighted by molar-refractivity contribution is 5.95. The van der Waals surface area contributed by atoms with Gasteiger partial charge in [-0.3, -0.25) is 4.79 Å². The van der Waals surface area contributed by atoms with Crippen LogP contribution < -0.4 is 16.2 Å². The molecule has 2 aromatic carbocycles. The van der Waals surface area contributed by atoms with Crippen molar-refractivity contribution in [3.63, 3.8) is 0 Å². The summed E-state index contributed by atoms with van der Waals surface area (Å²) in [6.45, 7) is 5.13. The Bertz CT molecular complexity index is 791. The van der Waals surface area contributed by atoms with Crippen LogP contribution in [0.1, 0.15) is 34.6 Å². The smallest absolute Gasteiger partial charge is 0.343 e. The fraction of sp³-hybridized carbons (Fsp3) is 0.211. The van der Waals surface area contributed by atoms with Crippen molar-refractivity contribution in [2.75, 3.05) is 13.1 Å². The summed E-state index contributed by atoms with van der Waals surface area (Å²) in [5, 5.41) is 0. The molecule has 26 heavy (non-hydrogen) atoms. The molecule has 0 saturated heterocycles. The molecule has 0 bridgehead atoms. The Morgan fingerprint density at radius 3 is 1.96 bits per heavy atom. The van der Waals surface area contributed by atoms with Gasteiger partial charge in [-0.25, -0.2) is 9.79 Å². The lowest BCUT2D eigenvalue weighted by Crippen LogP contribution is -2.30. The Kier molecular flexibility index (Phi) is 6.32. The molecule has 0 fully saturated rings. The monoisotopic (exact) mass is 354 g/mol. The summed E-state index contributed by atoms with van der Waals surface area (Å²) in [5.74, 6) is -0.258. The first-order valence-electron chi connectivity index (χ1n) is 8.25. The molecule has 0 aliphatic carbocycles. The Hall–Kier alpha value is -3.35. The molecule has 0 aliphatic heterocycles. The largest absolute Gasteiger partial charge is 0.423 e. The zero-order chi connectivity index (χ0) is 19.1.